The van der Waals surface area contributed by atoms with Crippen molar-refractivity contribution < 1.29 is 0 Å². The van der Waals surface area contributed by atoms with Crippen molar-refractivity contribution in [2.75, 3.05) is 11.1 Å². The molecule has 0 fully saturated rings. The normalized spacial score (nSPS) is 10.8. The average molecular weight is 297 g/mol. The highest BCUT2D eigenvalue weighted by molar-refractivity contribution is 8.77. The summed E-state index contributed by atoms with van der Waals surface area (Å²) in [5.41, 5.74) is 1.04. The van der Waals surface area contributed by atoms with Gasteiger partial charge >= 0.3 is 0 Å². The first-order valence-corrected chi connectivity index (χ1v) is 8.82. The molecule has 1 N–H and O–H groups in total. The molecule has 1 aromatic carbocycles. The highest BCUT2D eigenvalue weighted by atomic mass is 33.1. The van der Waals surface area contributed by atoms with Crippen LogP contribution >= 0.6 is 32.9 Å². The summed E-state index contributed by atoms with van der Waals surface area (Å²) >= 11 is 1.59. The minimum atomic E-state index is 0.706. The standard InChI is InChI=1S/C12H15N3S3/c1-9(2)8-16-18-12-15-14-11(17-12)13-10-6-4-3-5-7-10/h3-7,9H,8H2,1-2H3,(H,13,14). The van der Waals surface area contributed by atoms with Gasteiger partial charge in [-0.1, -0.05) is 54.2 Å². The number of hydrogen-bond acceptors (Lipinski definition) is 6. The Balaban J connectivity index is 1.86. The maximum Gasteiger partial charge on any atom is 0.210 e. The van der Waals surface area contributed by atoms with Gasteiger partial charge in [0.2, 0.25) is 5.13 Å². The van der Waals surface area contributed by atoms with Gasteiger partial charge in [0.1, 0.15) is 0 Å². The van der Waals surface area contributed by atoms with Gasteiger partial charge in [0, 0.05) is 11.4 Å². The molecule has 96 valence electrons. The molecule has 0 bridgehead atoms. The second-order valence-corrected chi connectivity index (χ2v) is 7.69. The molecule has 6 heteroatoms. The fraction of sp³-hybridized carbons (Fsp3) is 0.333. The Kier molecular flexibility index (Phi) is 5.34. The first-order valence-electron chi connectivity index (χ1n) is 5.69. The molecular formula is C12H15N3S3. The number of nitrogens with one attached hydrogen (secondary N) is 1. The topological polar surface area (TPSA) is 37.8 Å². The van der Waals surface area contributed by atoms with Crippen LogP contribution in [0.1, 0.15) is 13.8 Å². The van der Waals surface area contributed by atoms with Crippen molar-refractivity contribution >= 4 is 43.7 Å². The van der Waals surface area contributed by atoms with Crippen LogP contribution in [0.4, 0.5) is 10.8 Å². The first-order chi connectivity index (χ1) is 8.74. The smallest absolute Gasteiger partial charge is 0.210 e. The number of hydrogen-bond donors (Lipinski definition) is 1. The number of anilines is 2. The lowest BCUT2D eigenvalue weighted by Gasteiger charge is -2.00. The summed E-state index contributed by atoms with van der Waals surface area (Å²) < 4.78 is 0.999. The minimum Gasteiger partial charge on any atom is -0.330 e. The highest BCUT2D eigenvalue weighted by Crippen LogP contribution is 2.36. The minimum absolute atomic E-state index is 0.706. The first kappa shape index (κ1) is 13.7. The van der Waals surface area contributed by atoms with Crippen molar-refractivity contribution in [1.29, 1.82) is 0 Å². The summed E-state index contributed by atoms with van der Waals surface area (Å²) in [5.74, 6) is 1.84. The van der Waals surface area contributed by atoms with Gasteiger partial charge in [-0.15, -0.1) is 10.2 Å². The van der Waals surface area contributed by atoms with Gasteiger partial charge in [0.15, 0.2) is 4.34 Å². The van der Waals surface area contributed by atoms with Crippen LogP contribution in [-0.2, 0) is 0 Å². The SMILES string of the molecule is CC(C)CSSc1nnc(Nc2ccccc2)s1. The summed E-state index contributed by atoms with van der Waals surface area (Å²) in [4.78, 5) is 0. The number of aromatic nitrogens is 2. The molecule has 0 saturated heterocycles. The zero-order chi connectivity index (χ0) is 12.8. The summed E-state index contributed by atoms with van der Waals surface area (Å²) in [6, 6.07) is 10.0. The third kappa shape index (κ3) is 4.51. The maximum atomic E-state index is 4.16. The van der Waals surface area contributed by atoms with Gasteiger partial charge in [0.05, 0.1) is 0 Å². The van der Waals surface area contributed by atoms with Crippen LogP contribution < -0.4 is 5.32 Å². The maximum absolute atomic E-state index is 4.16. The second-order valence-electron chi connectivity index (χ2n) is 4.13. The third-order valence-electron chi connectivity index (χ3n) is 1.96. The van der Waals surface area contributed by atoms with E-state index < -0.39 is 0 Å². The molecule has 0 aliphatic heterocycles. The lowest BCUT2D eigenvalue weighted by molar-refractivity contribution is 0.752. The molecule has 0 aliphatic carbocycles. The average Bonchev–Trinajstić information content (AvgIpc) is 2.78. The van der Waals surface area contributed by atoms with Crippen LogP contribution in [-0.4, -0.2) is 16.0 Å². The zero-order valence-electron chi connectivity index (χ0n) is 10.3. The van der Waals surface area contributed by atoms with E-state index in [-0.39, 0.29) is 0 Å². The Hall–Kier alpha value is -0.720. The molecule has 0 unspecified atom stereocenters. The van der Waals surface area contributed by atoms with Crippen LogP contribution in [0.2, 0.25) is 0 Å². The van der Waals surface area contributed by atoms with E-state index in [4.69, 9.17) is 0 Å². The molecule has 0 aliphatic rings. The van der Waals surface area contributed by atoms with E-state index in [1.165, 1.54) is 0 Å². The Bertz CT molecular complexity index is 470. The molecule has 2 aromatic rings. The number of rotatable bonds is 6. The molecule has 2 rings (SSSR count). The van der Waals surface area contributed by atoms with E-state index in [2.05, 4.69) is 29.4 Å². The molecule has 0 radical (unpaired) electrons. The summed E-state index contributed by atoms with van der Waals surface area (Å²) in [7, 11) is 3.53. The fourth-order valence-electron chi connectivity index (χ4n) is 1.16. The van der Waals surface area contributed by atoms with Crippen molar-refractivity contribution in [2.45, 2.75) is 18.2 Å². The van der Waals surface area contributed by atoms with Crippen molar-refractivity contribution in [1.82, 2.24) is 10.2 Å². The number of benzene rings is 1. The quantitative estimate of drug-likeness (QED) is 0.784. The van der Waals surface area contributed by atoms with Crippen molar-refractivity contribution in [3.8, 4) is 0 Å². The van der Waals surface area contributed by atoms with Gasteiger partial charge in [-0.25, -0.2) is 0 Å². The van der Waals surface area contributed by atoms with Crippen LogP contribution in [0, 0.1) is 5.92 Å². The van der Waals surface area contributed by atoms with Crippen LogP contribution in [0.5, 0.6) is 0 Å². The van der Waals surface area contributed by atoms with Crippen LogP contribution in [0.25, 0.3) is 0 Å². The molecule has 0 atom stereocenters. The third-order valence-corrected chi connectivity index (χ3v) is 5.79. The van der Waals surface area contributed by atoms with E-state index >= 15 is 0 Å². The summed E-state index contributed by atoms with van der Waals surface area (Å²) in [5, 5.41) is 12.4. The molecule has 0 spiro atoms. The highest BCUT2D eigenvalue weighted by Gasteiger charge is 2.05. The largest absolute Gasteiger partial charge is 0.330 e. The van der Waals surface area contributed by atoms with Gasteiger partial charge in [0.25, 0.3) is 0 Å². The Morgan fingerprint density at radius 2 is 2.00 bits per heavy atom. The lowest BCUT2D eigenvalue weighted by atomic mass is 10.3. The molecule has 1 heterocycles. The summed E-state index contributed by atoms with van der Waals surface area (Å²) in [6.45, 7) is 4.44. The van der Waals surface area contributed by atoms with E-state index in [0.717, 1.165) is 20.9 Å². The zero-order valence-corrected chi connectivity index (χ0v) is 12.7. The van der Waals surface area contributed by atoms with E-state index in [0.29, 0.717) is 5.92 Å². The lowest BCUT2D eigenvalue weighted by Crippen LogP contribution is -1.87. The molecular weight excluding hydrogens is 282 g/mol. The molecule has 0 saturated carbocycles. The number of para-hydroxylation sites is 1. The molecule has 3 nitrogen and oxygen atoms in total. The molecule has 0 amide bonds. The summed E-state index contributed by atoms with van der Waals surface area (Å²) in [6.07, 6.45) is 0. The predicted octanol–water partition coefficient (Wildman–Crippen LogP) is 4.68. The Labute approximate surface area is 119 Å². The van der Waals surface area contributed by atoms with E-state index in [9.17, 15) is 0 Å². The van der Waals surface area contributed by atoms with E-state index in [1.54, 1.807) is 22.1 Å². The van der Waals surface area contributed by atoms with Gasteiger partial charge < -0.3 is 5.32 Å². The molecule has 1 aromatic heterocycles. The Morgan fingerprint density at radius 3 is 2.72 bits per heavy atom. The monoisotopic (exact) mass is 297 g/mol. The van der Waals surface area contributed by atoms with Crippen molar-refractivity contribution in [3.05, 3.63) is 30.3 Å². The Morgan fingerprint density at radius 1 is 1.22 bits per heavy atom. The van der Waals surface area contributed by atoms with Crippen molar-refractivity contribution in [3.63, 3.8) is 0 Å². The van der Waals surface area contributed by atoms with Gasteiger partial charge in [-0.3, -0.25) is 0 Å². The number of nitrogens with zero attached hydrogens (tertiary/aromatic N) is 2. The molecule has 18 heavy (non-hydrogen) atoms. The van der Waals surface area contributed by atoms with Gasteiger partial charge in [-0.2, -0.15) is 0 Å². The van der Waals surface area contributed by atoms with Crippen LogP contribution in [0.3, 0.4) is 0 Å². The van der Waals surface area contributed by atoms with Crippen molar-refractivity contribution in [2.24, 2.45) is 5.92 Å². The van der Waals surface area contributed by atoms with Gasteiger partial charge in [-0.05, 0) is 28.8 Å². The van der Waals surface area contributed by atoms with Crippen LogP contribution in [0.15, 0.2) is 34.7 Å². The fourth-order valence-corrected chi connectivity index (χ4v) is 4.71. The van der Waals surface area contributed by atoms with E-state index in [1.807, 2.05) is 41.1 Å². The second kappa shape index (κ2) is 7.01. The predicted molar refractivity (Wildman–Crippen MR) is 82.8 cm³/mol.